The van der Waals surface area contributed by atoms with Crippen LogP contribution in [0, 0.1) is 0 Å². The molecular weight excluding hydrogens is 207 g/mol. The summed E-state index contributed by atoms with van der Waals surface area (Å²) in [5.41, 5.74) is 0. The van der Waals surface area contributed by atoms with Crippen LogP contribution in [0.1, 0.15) is 6.92 Å². The molecule has 0 unspecified atom stereocenters. The molecule has 0 saturated heterocycles. The molecule has 0 saturated carbocycles. The molecule has 0 amide bonds. The van der Waals surface area contributed by atoms with Gasteiger partial charge in [-0.1, -0.05) is 22.9 Å². The molecule has 0 radical (unpaired) electrons. The van der Waals surface area contributed by atoms with Crippen molar-refractivity contribution in [1.29, 1.82) is 0 Å². The second kappa shape index (κ2) is 16.7. The summed E-state index contributed by atoms with van der Waals surface area (Å²) in [5.74, 6) is 0. The van der Waals surface area contributed by atoms with Gasteiger partial charge in [0.05, 0.1) is 0 Å². The Balaban J connectivity index is -0.0000000200. The summed E-state index contributed by atoms with van der Waals surface area (Å²) in [6.45, 7) is 2.04. The van der Waals surface area contributed by atoms with Crippen LogP contribution in [0.4, 0.5) is 0 Å². The monoisotopic (exact) mass is 210 g/mol. The van der Waals surface area contributed by atoms with Gasteiger partial charge in [-0.2, -0.15) is 0 Å². The fourth-order valence-corrected chi connectivity index (χ4v) is 0. The zero-order valence-electron chi connectivity index (χ0n) is 3.46. The minimum absolute atomic E-state index is 0. The third-order valence-corrected chi connectivity index (χ3v) is 0. The molecule has 0 aromatic heterocycles. The molecule has 0 aliphatic rings. The third kappa shape index (κ3) is 24.3. The van der Waals surface area contributed by atoms with Crippen LogP contribution < -0.4 is 46.5 Å². The molecule has 0 aromatic carbocycles. The zero-order chi connectivity index (χ0) is 2.71. The summed E-state index contributed by atoms with van der Waals surface area (Å²) in [6, 6.07) is 0. The minimum atomic E-state index is 0. The normalized spacial score (nSPS) is 3.60. The topological polar surface area (TPSA) is 0 Å². The van der Waals surface area contributed by atoms with E-state index in [1.165, 1.54) is 0 Å². The summed E-state index contributed by atoms with van der Waals surface area (Å²) in [7, 11) is 0. The quantitative estimate of drug-likeness (QED) is 0.280. The van der Waals surface area contributed by atoms with Crippen LogP contribution in [0.15, 0.2) is 0 Å². The Morgan fingerprint density at radius 1 is 1.60 bits per heavy atom. The van der Waals surface area contributed by atoms with Crippen LogP contribution in [-0.4, -0.2) is 5.33 Å². The van der Waals surface area contributed by atoms with E-state index in [2.05, 4.69) is 15.9 Å². The van der Waals surface area contributed by atoms with Crippen LogP contribution in [0.2, 0.25) is 0 Å². The zero-order valence-corrected chi connectivity index (χ0v) is 8.64. The van der Waals surface area contributed by atoms with Gasteiger partial charge in [-0.05, 0) is 0 Å². The van der Waals surface area contributed by atoms with E-state index in [9.17, 15) is 0 Å². The number of hydrogen-bond donors (Lipinski definition) is 0. The summed E-state index contributed by atoms with van der Waals surface area (Å²) < 4.78 is 0. The van der Waals surface area contributed by atoms with Gasteiger partial charge >= 0.3 is 29.6 Å². The maximum absolute atomic E-state index is 3.15. The number of alkyl halides is 1. The molecule has 0 spiro atoms. The van der Waals surface area contributed by atoms with E-state index in [1.54, 1.807) is 0 Å². The maximum Gasteiger partial charge on any atom is 1.00 e. The molecule has 0 fully saturated rings. The van der Waals surface area contributed by atoms with Crippen molar-refractivity contribution in [2.24, 2.45) is 0 Å². The predicted octanol–water partition coefficient (Wildman–Crippen LogP) is -4.59. The van der Waals surface area contributed by atoms with Gasteiger partial charge in [0, 0.05) is 5.33 Å². The van der Waals surface area contributed by atoms with Crippen LogP contribution in [-0.2, 0) is 0 Å². The first-order valence-corrected chi connectivity index (χ1v) is 2.10. The fraction of sp³-hybridized carbons (Fsp3) is 1.00. The molecule has 0 atom stereocenters. The first-order valence-electron chi connectivity index (χ1n) is 0.974. The van der Waals surface area contributed by atoms with Crippen molar-refractivity contribution in [3.05, 3.63) is 0 Å². The molecular formula is C2H5Br2Na. The molecule has 28 valence electrons. The fourth-order valence-electron chi connectivity index (χ4n) is 0. The van der Waals surface area contributed by atoms with Crippen molar-refractivity contribution in [3.8, 4) is 0 Å². The van der Waals surface area contributed by atoms with Crippen molar-refractivity contribution < 1.29 is 46.5 Å². The SMILES string of the molecule is CCBr.[Br-].[Na+]. The Morgan fingerprint density at radius 2 is 1.60 bits per heavy atom. The summed E-state index contributed by atoms with van der Waals surface area (Å²) in [5, 5.41) is 1.06. The van der Waals surface area contributed by atoms with Gasteiger partial charge in [0.1, 0.15) is 0 Å². The Kier molecular flexibility index (Phi) is 52.8. The van der Waals surface area contributed by atoms with E-state index in [0.717, 1.165) is 5.33 Å². The van der Waals surface area contributed by atoms with Crippen molar-refractivity contribution in [2.45, 2.75) is 6.92 Å². The Hall–Kier alpha value is 1.96. The van der Waals surface area contributed by atoms with Gasteiger partial charge in [0.15, 0.2) is 0 Å². The van der Waals surface area contributed by atoms with Crippen molar-refractivity contribution >= 4 is 15.9 Å². The average molecular weight is 212 g/mol. The van der Waals surface area contributed by atoms with E-state index in [4.69, 9.17) is 0 Å². The van der Waals surface area contributed by atoms with Crippen LogP contribution in [0.3, 0.4) is 0 Å². The van der Waals surface area contributed by atoms with E-state index < -0.39 is 0 Å². The van der Waals surface area contributed by atoms with Gasteiger partial charge in [-0.25, -0.2) is 0 Å². The molecule has 5 heavy (non-hydrogen) atoms. The van der Waals surface area contributed by atoms with Gasteiger partial charge < -0.3 is 17.0 Å². The predicted molar refractivity (Wildman–Crippen MR) is 19.5 cm³/mol. The van der Waals surface area contributed by atoms with Crippen molar-refractivity contribution in [3.63, 3.8) is 0 Å². The third-order valence-electron chi connectivity index (χ3n) is 0. The van der Waals surface area contributed by atoms with Gasteiger partial charge in [0.25, 0.3) is 0 Å². The Bertz CT molecular complexity index is 7.61. The van der Waals surface area contributed by atoms with Crippen LogP contribution in [0.25, 0.3) is 0 Å². The second-order valence-electron chi connectivity index (χ2n) is 0.267. The molecule has 0 aromatic rings. The molecule has 0 N–H and O–H groups in total. The molecule has 0 bridgehead atoms. The molecule has 0 rings (SSSR count). The molecule has 0 heterocycles. The summed E-state index contributed by atoms with van der Waals surface area (Å²) in [4.78, 5) is 0. The molecule has 0 aliphatic carbocycles. The Morgan fingerprint density at radius 3 is 1.60 bits per heavy atom. The van der Waals surface area contributed by atoms with Crippen LogP contribution in [0.5, 0.6) is 0 Å². The molecule has 0 nitrogen and oxygen atoms in total. The van der Waals surface area contributed by atoms with Crippen molar-refractivity contribution in [1.82, 2.24) is 0 Å². The largest absolute Gasteiger partial charge is 1.00 e. The Labute approximate surface area is 73.9 Å². The smallest absolute Gasteiger partial charge is 1.00 e. The van der Waals surface area contributed by atoms with Crippen molar-refractivity contribution in [2.75, 3.05) is 5.33 Å². The summed E-state index contributed by atoms with van der Waals surface area (Å²) >= 11 is 3.15. The number of halogens is 2. The van der Waals surface area contributed by atoms with E-state index in [0.29, 0.717) is 0 Å². The van der Waals surface area contributed by atoms with E-state index in [1.807, 2.05) is 6.92 Å². The van der Waals surface area contributed by atoms with E-state index in [-0.39, 0.29) is 46.5 Å². The van der Waals surface area contributed by atoms with Crippen LogP contribution >= 0.6 is 15.9 Å². The van der Waals surface area contributed by atoms with Gasteiger partial charge in [-0.3, -0.25) is 0 Å². The molecule has 0 aliphatic heterocycles. The summed E-state index contributed by atoms with van der Waals surface area (Å²) in [6.07, 6.45) is 0. The van der Waals surface area contributed by atoms with Gasteiger partial charge in [-0.15, -0.1) is 0 Å². The minimum Gasteiger partial charge on any atom is -1.00 e. The second-order valence-corrected chi connectivity index (χ2v) is 1.39. The standard InChI is InChI=1S/C2H5Br.BrH.Na/c1-2-3;;/h2H2,1H3;1H;/q;;+1/p-1. The number of rotatable bonds is 0. The first kappa shape index (κ1) is 15.8. The number of hydrogen-bond acceptors (Lipinski definition) is 0. The first-order chi connectivity index (χ1) is 1.41. The van der Waals surface area contributed by atoms with Gasteiger partial charge in [0.2, 0.25) is 0 Å². The maximum atomic E-state index is 3.15. The molecule has 3 heteroatoms. The average Bonchev–Trinajstić information content (AvgIpc) is 0.918. The van der Waals surface area contributed by atoms with E-state index >= 15 is 0 Å².